The summed E-state index contributed by atoms with van der Waals surface area (Å²) in [6.45, 7) is 3.87. The molecule has 33 heavy (non-hydrogen) atoms. The number of alkyl halides is 3. The summed E-state index contributed by atoms with van der Waals surface area (Å²) in [5.74, 6) is -0.349. The molecular weight excluding hydrogens is 457 g/mol. The normalized spacial score (nSPS) is 15.2. The van der Waals surface area contributed by atoms with E-state index in [4.69, 9.17) is 4.74 Å². The van der Waals surface area contributed by atoms with E-state index in [1.807, 2.05) is 6.92 Å². The van der Waals surface area contributed by atoms with Crippen molar-refractivity contribution >= 4 is 17.4 Å². The van der Waals surface area contributed by atoms with Crippen molar-refractivity contribution in [2.75, 3.05) is 24.6 Å². The quantitative estimate of drug-likeness (QED) is 0.501. The molecule has 0 spiro atoms. The molecule has 0 aliphatic carbocycles. The van der Waals surface area contributed by atoms with Crippen LogP contribution in [-0.4, -0.2) is 44.4 Å². The van der Waals surface area contributed by atoms with Gasteiger partial charge in [0.2, 0.25) is 5.88 Å². The number of aromatic nitrogens is 3. The van der Waals surface area contributed by atoms with Crippen LogP contribution in [0.2, 0.25) is 0 Å². The van der Waals surface area contributed by atoms with Crippen LogP contribution < -0.4 is 10.6 Å². The molecule has 3 heterocycles. The summed E-state index contributed by atoms with van der Waals surface area (Å²) < 4.78 is 46.1. The standard InChI is InChI=1S/C22H23F3N4O3S/c1-2-32-20(17-9-10-26-13-18(17)27-11-3-4-12-27)28-14-19(30)29(21(28)31)15-5-7-16(8-6-15)33-22(23,24)25/h5-10,13-14,20,30H,2-4,11-12H2,1H3. The lowest BCUT2D eigenvalue weighted by Crippen LogP contribution is -2.30. The Bertz CT molecular complexity index is 1150. The Labute approximate surface area is 192 Å². The second-order valence-electron chi connectivity index (χ2n) is 7.49. The van der Waals surface area contributed by atoms with Crippen molar-refractivity contribution in [1.29, 1.82) is 0 Å². The fraction of sp³-hybridized carbons (Fsp3) is 0.364. The number of pyridine rings is 1. The van der Waals surface area contributed by atoms with E-state index in [0.717, 1.165) is 41.7 Å². The highest BCUT2D eigenvalue weighted by Crippen LogP contribution is 2.37. The Morgan fingerprint density at radius 2 is 1.88 bits per heavy atom. The van der Waals surface area contributed by atoms with Crippen molar-refractivity contribution in [1.82, 2.24) is 14.1 Å². The third-order valence-electron chi connectivity index (χ3n) is 5.35. The van der Waals surface area contributed by atoms with Gasteiger partial charge in [0, 0.05) is 36.4 Å². The van der Waals surface area contributed by atoms with Crippen LogP contribution in [0.1, 0.15) is 31.6 Å². The van der Waals surface area contributed by atoms with Crippen LogP contribution in [0.15, 0.2) is 58.6 Å². The molecular formula is C22H23F3N4O3S. The summed E-state index contributed by atoms with van der Waals surface area (Å²) >= 11 is -0.245. The molecule has 0 bridgehead atoms. The number of hydrogen-bond acceptors (Lipinski definition) is 6. The van der Waals surface area contributed by atoms with Gasteiger partial charge in [0.15, 0.2) is 6.23 Å². The summed E-state index contributed by atoms with van der Waals surface area (Å²) in [7, 11) is 0. The highest BCUT2D eigenvalue weighted by molar-refractivity contribution is 8.00. The van der Waals surface area contributed by atoms with Crippen LogP contribution in [-0.2, 0) is 4.74 Å². The minimum Gasteiger partial charge on any atom is -0.493 e. The molecule has 1 fully saturated rings. The first kappa shape index (κ1) is 23.2. The van der Waals surface area contributed by atoms with E-state index in [9.17, 15) is 23.1 Å². The second-order valence-corrected chi connectivity index (χ2v) is 8.63. The van der Waals surface area contributed by atoms with E-state index in [1.165, 1.54) is 35.0 Å². The molecule has 2 aromatic heterocycles. The molecule has 1 unspecified atom stereocenters. The number of nitrogens with zero attached hydrogens (tertiary/aromatic N) is 4. The molecule has 0 radical (unpaired) electrons. The summed E-state index contributed by atoms with van der Waals surface area (Å²) in [5.41, 5.74) is -3.14. The maximum Gasteiger partial charge on any atom is 0.446 e. The molecule has 7 nitrogen and oxygen atoms in total. The Balaban J connectivity index is 1.72. The Kier molecular flexibility index (Phi) is 6.71. The van der Waals surface area contributed by atoms with Gasteiger partial charge in [-0.3, -0.25) is 9.55 Å². The largest absolute Gasteiger partial charge is 0.493 e. The molecule has 176 valence electrons. The summed E-state index contributed by atoms with van der Waals surface area (Å²) in [4.78, 5) is 19.7. The van der Waals surface area contributed by atoms with Crippen molar-refractivity contribution in [3.05, 3.63) is 65.0 Å². The predicted octanol–water partition coefficient (Wildman–Crippen LogP) is 4.54. The Morgan fingerprint density at radius 1 is 1.18 bits per heavy atom. The van der Waals surface area contributed by atoms with E-state index in [1.54, 1.807) is 18.5 Å². The topological polar surface area (TPSA) is 72.5 Å². The van der Waals surface area contributed by atoms with Gasteiger partial charge in [0.05, 0.1) is 23.8 Å². The van der Waals surface area contributed by atoms with Crippen molar-refractivity contribution in [2.24, 2.45) is 0 Å². The van der Waals surface area contributed by atoms with Crippen LogP contribution in [0.25, 0.3) is 5.69 Å². The molecule has 1 N–H and O–H groups in total. The average Bonchev–Trinajstić information content (AvgIpc) is 3.40. The average molecular weight is 481 g/mol. The third kappa shape index (κ3) is 5.03. The van der Waals surface area contributed by atoms with Crippen LogP contribution in [0, 0.1) is 0 Å². The number of rotatable bonds is 7. The Morgan fingerprint density at radius 3 is 2.52 bits per heavy atom. The summed E-state index contributed by atoms with van der Waals surface area (Å²) in [6.07, 6.45) is 5.95. The second kappa shape index (κ2) is 9.52. The maximum absolute atomic E-state index is 13.3. The highest BCUT2D eigenvalue weighted by atomic mass is 32.2. The zero-order chi connectivity index (χ0) is 23.6. The predicted molar refractivity (Wildman–Crippen MR) is 119 cm³/mol. The number of aromatic hydroxyl groups is 1. The molecule has 0 saturated carbocycles. The summed E-state index contributed by atoms with van der Waals surface area (Å²) in [5, 5.41) is 10.5. The SMILES string of the molecule is CCOC(c1ccncc1N1CCCC1)n1cc(O)n(-c2ccc(SC(F)(F)F)cc2)c1=O. The first-order chi connectivity index (χ1) is 15.8. The third-order valence-corrected chi connectivity index (χ3v) is 6.09. The smallest absolute Gasteiger partial charge is 0.446 e. The van der Waals surface area contributed by atoms with Gasteiger partial charge in [-0.15, -0.1) is 0 Å². The lowest BCUT2D eigenvalue weighted by molar-refractivity contribution is -0.0328. The first-order valence-corrected chi connectivity index (χ1v) is 11.3. The molecule has 4 rings (SSSR count). The number of anilines is 1. The van der Waals surface area contributed by atoms with Crippen LogP contribution in [0.4, 0.5) is 18.9 Å². The minimum atomic E-state index is -4.41. The van der Waals surface area contributed by atoms with Gasteiger partial charge in [-0.2, -0.15) is 13.2 Å². The first-order valence-electron chi connectivity index (χ1n) is 10.5. The van der Waals surface area contributed by atoms with Crippen LogP contribution in [0.5, 0.6) is 5.88 Å². The van der Waals surface area contributed by atoms with Gasteiger partial charge < -0.3 is 14.7 Å². The minimum absolute atomic E-state index is 0.0162. The number of benzene rings is 1. The van der Waals surface area contributed by atoms with E-state index in [-0.39, 0.29) is 28.2 Å². The molecule has 1 aliphatic heterocycles. The van der Waals surface area contributed by atoms with Crippen molar-refractivity contribution in [2.45, 2.75) is 36.4 Å². The number of ether oxygens (including phenoxy) is 1. The molecule has 1 atom stereocenters. The molecule has 1 aromatic carbocycles. The van der Waals surface area contributed by atoms with Crippen molar-refractivity contribution in [3.63, 3.8) is 0 Å². The fourth-order valence-corrected chi connectivity index (χ4v) is 4.50. The van der Waals surface area contributed by atoms with Crippen molar-refractivity contribution < 1.29 is 23.0 Å². The van der Waals surface area contributed by atoms with Gasteiger partial charge in [0.25, 0.3) is 0 Å². The zero-order valence-electron chi connectivity index (χ0n) is 17.8. The van der Waals surface area contributed by atoms with Crippen molar-refractivity contribution in [3.8, 4) is 11.6 Å². The molecule has 3 aromatic rings. The van der Waals surface area contributed by atoms with E-state index in [0.29, 0.717) is 6.61 Å². The number of imidazole rings is 1. The van der Waals surface area contributed by atoms with E-state index >= 15 is 0 Å². The molecule has 1 saturated heterocycles. The lowest BCUT2D eigenvalue weighted by Gasteiger charge is -2.26. The number of thioether (sulfide) groups is 1. The van der Waals surface area contributed by atoms with E-state index < -0.39 is 17.4 Å². The molecule has 0 amide bonds. The van der Waals surface area contributed by atoms with E-state index in [2.05, 4.69) is 9.88 Å². The van der Waals surface area contributed by atoms with Crippen LogP contribution >= 0.6 is 11.8 Å². The van der Waals surface area contributed by atoms with Gasteiger partial charge in [-0.1, -0.05) is 0 Å². The van der Waals surface area contributed by atoms with Gasteiger partial charge >= 0.3 is 11.2 Å². The zero-order valence-corrected chi connectivity index (χ0v) is 18.6. The van der Waals surface area contributed by atoms with Crippen LogP contribution in [0.3, 0.4) is 0 Å². The fourth-order valence-electron chi connectivity index (χ4n) is 3.96. The molecule has 1 aliphatic rings. The molecule has 11 heteroatoms. The number of hydrogen-bond donors (Lipinski definition) is 1. The monoisotopic (exact) mass is 480 g/mol. The van der Waals surface area contributed by atoms with Gasteiger partial charge in [0.1, 0.15) is 0 Å². The summed E-state index contributed by atoms with van der Waals surface area (Å²) in [6, 6.07) is 7.02. The van der Waals surface area contributed by atoms with Gasteiger partial charge in [-0.25, -0.2) is 9.36 Å². The Hall–Kier alpha value is -2.92. The maximum atomic E-state index is 13.3. The van der Waals surface area contributed by atoms with Gasteiger partial charge in [-0.05, 0) is 61.9 Å². The lowest BCUT2D eigenvalue weighted by atomic mass is 10.1. The number of halogens is 3. The highest BCUT2D eigenvalue weighted by Gasteiger charge is 2.29.